The molecule has 14 heavy (non-hydrogen) atoms. The molecular formula is C13H25N. The van der Waals surface area contributed by atoms with Crippen LogP contribution in [0.2, 0.25) is 0 Å². The number of allylic oxidation sites excluding steroid dienone is 1. The lowest BCUT2D eigenvalue weighted by Crippen LogP contribution is -2.15. The fourth-order valence-corrected chi connectivity index (χ4v) is 2.19. The lowest BCUT2D eigenvalue weighted by molar-refractivity contribution is 0.638. The summed E-state index contributed by atoms with van der Waals surface area (Å²) in [6.07, 6.45) is 14.3. The summed E-state index contributed by atoms with van der Waals surface area (Å²) in [5.41, 5.74) is 7.61. The highest BCUT2D eigenvalue weighted by Crippen LogP contribution is 2.21. The smallest absolute Gasteiger partial charge is 0.0226 e. The summed E-state index contributed by atoms with van der Waals surface area (Å²) in [5, 5.41) is 0. The van der Waals surface area contributed by atoms with Crippen molar-refractivity contribution in [2.24, 2.45) is 5.73 Å². The van der Waals surface area contributed by atoms with E-state index in [2.05, 4.69) is 13.0 Å². The van der Waals surface area contributed by atoms with E-state index in [4.69, 9.17) is 5.73 Å². The van der Waals surface area contributed by atoms with E-state index >= 15 is 0 Å². The van der Waals surface area contributed by atoms with E-state index in [0.29, 0.717) is 6.04 Å². The lowest BCUT2D eigenvalue weighted by atomic mass is 10.0. The Kier molecular flexibility index (Phi) is 5.93. The molecule has 0 radical (unpaired) electrons. The zero-order chi connectivity index (χ0) is 10.2. The average Bonchev–Trinajstić information content (AvgIpc) is 2.38. The first-order valence-corrected chi connectivity index (χ1v) is 6.28. The Morgan fingerprint density at radius 2 is 2.14 bits per heavy atom. The van der Waals surface area contributed by atoms with Gasteiger partial charge in [-0.05, 0) is 32.1 Å². The number of hydrogen-bond acceptors (Lipinski definition) is 1. The summed E-state index contributed by atoms with van der Waals surface area (Å²) in [5.74, 6) is 0. The van der Waals surface area contributed by atoms with Gasteiger partial charge < -0.3 is 5.73 Å². The minimum absolute atomic E-state index is 0.346. The second-order valence-electron chi connectivity index (χ2n) is 4.55. The van der Waals surface area contributed by atoms with Crippen LogP contribution < -0.4 is 5.73 Å². The largest absolute Gasteiger partial charge is 0.324 e. The van der Waals surface area contributed by atoms with E-state index in [0.717, 1.165) is 0 Å². The predicted octanol–water partition coefficient (Wildman–Crippen LogP) is 3.78. The Labute approximate surface area is 88.8 Å². The van der Waals surface area contributed by atoms with Crippen LogP contribution in [0.5, 0.6) is 0 Å². The second-order valence-corrected chi connectivity index (χ2v) is 4.55. The monoisotopic (exact) mass is 195 g/mol. The topological polar surface area (TPSA) is 26.0 Å². The number of nitrogens with two attached hydrogens (primary N) is 1. The maximum absolute atomic E-state index is 5.98. The molecule has 0 aromatic rings. The zero-order valence-electron chi connectivity index (χ0n) is 9.60. The summed E-state index contributed by atoms with van der Waals surface area (Å²) in [7, 11) is 0. The third-order valence-electron chi connectivity index (χ3n) is 3.09. The van der Waals surface area contributed by atoms with Crippen LogP contribution in [0.4, 0.5) is 0 Å². The number of hydrogen-bond donors (Lipinski definition) is 1. The first kappa shape index (κ1) is 11.8. The van der Waals surface area contributed by atoms with Crippen LogP contribution in [0.1, 0.15) is 64.7 Å². The van der Waals surface area contributed by atoms with Gasteiger partial charge in [-0.15, -0.1) is 0 Å². The molecule has 2 N–H and O–H groups in total. The molecule has 82 valence electrons. The highest BCUT2D eigenvalue weighted by atomic mass is 14.6. The first-order chi connectivity index (χ1) is 6.83. The molecule has 0 amide bonds. The van der Waals surface area contributed by atoms with Crippen molar-refractivity contribution >= 4 is 0 Å². The van der Waals surface area contributed by atoms with Crippen molar-refractivity contribution in [3.8, 4) is 0 Å². The van der Waals surface area contributed by atoms with Gasteiger partial charge in [0.25, 0.3) is 0 Å². The standard InChI is InChI=1S/C13H25N/c1-2-3-4-5-8-12-9-6-7-10-13(14)11-12/h11,13H,2-10,14H2,1H3. The summed E-state index contributed by atoms with van der Waals surface area (Å²) in [6, 6.07) is 0.346. The van der Waals surface area contributed by atoms with Crippen molar-refractivity contribution < 1.29 is 0 Å². The van der Waals surface area contributed by atoms with E-state index < -0.39 is 0 Å². The van der Waals surface area contributed by atoms with Gasteiger partial charge in [-0.3, -0.25) is 0 Å². The molecule has 1 nitrogen and oxygen atoms in total. The molecule has 0 saturated carbocycles. The SMILES string of the molecule is CCCCCCC1=CC(N)CCCC1. The molecule has 1 rings (SSSR count). The van der Waals surface area contributed by atoms with Crippen molar-refractivity contribution in [1.29, 1.82) is 0 Å². The average molecular weight is 195 g/mol. The molecule has 0 aliphatic heterocycles. The summed E-state index contributed by atoms with van der Waals surface area (Å²) < 4.78 is 0. The molecule has 1 heteroatoms. The molecule has 1 aliphatic carbocycles. The highest BCUT2D eigenvalue weighted by molar-refractivity contribution is 5.08. The quantitative estimate of drug-likeness (QED) is 0.524. The van der Waals surface area contributed by atoms with Gasteiger partial charge in [-0.2, -0.15) is 0 Å². The molecule has 0 aromatic heterocycles. The van der Waals surface area contributed by atoms with Crippen LogP contribution in [0.3, 0.4) is 0 Å². The third kappa shape index (κ3) is 4.80. The van der Waals surface area contributed by atoms with Crippen molar-refractivity contribution in [1.82, 2.24) is 0 Å². The van der Waals surface area contributed by atoms with Crippen LogP contribution in [-0.4, -0.2) is 6.04 Å². The Hall–Kier alpha value is -0.300. The highest BCUT2D eigenvalue weighted by Gasteiger charge is 2.07. The molecular weight excluding hydrogens is 170 g/mol. The van der Waals surface area contributed by atoms with E-state index in [1.54, 1.807) is 5.57 Å². The molecule has 1 unspecified atom stereocenters. The van der Waals surface area contributed by atoms with Gasteiger partial charge in [0, 0.05) is 6.04 Å². The lowest BCUT2D eigenvalue weighted by Gasteiger charge is -2.06. The minimum Gasteiger partial charge on any atom is -0.324 e. The predicted molar refractivity (Wildman–Crippen MR) is 63.3 cm³/mol. The summed E-state index contributed by atoms with van der Waals surface area (Å²) >= 11 is 0. The van der Waals surface area contributed by atoms with E-state index in [-0.39, 0.29) is 0 Å². The molecule has 1 aliphatic rings. The normalized spacial score (nSPS) is 23.0. The van der Waals surface area contributed by atoms with Crippen molar-refractivity contribution in [2.45, 2.75) is 70.8 Å². The van der Waals surface area contributed by atoms with Crippen molar-refractivity contribution in [2.75, 3.05) is 0 Å². The van der Waals surface area contributed by atoms with Crippen molar-refractivity contribution in [3.63, 3.8) is 0 Å². The fraction of sp³-hybridized carbons (Fsp3) is 0.846. The van der Waals surface area contributed by atoms with Crippen LogP contribution in [0.15, 0.2) is 11.6 Å². The summed E-state index contributed by atoms with van der Waals surface area (Å²) in [4.78, 5) is 0. The number of rotatable bonds is 5. The van der Waals surface area contributed by atoms with Gasteiger partial charge >= 0.3 is 0 Å². The Bertz CT molecular complexity index is 172. The summed E-state index contributed by atoms with van der Waals surface area (Å²) in [6.45, 7) is 2.26. The van der Waals surface area contributed by atoms with E-state index in [1.807, 2.05) is 0 Å². The molecule has 0 fully saturated rings. The third-order valence-corrected chi connectivity index (χ3v) is 3.09. The van der Waals surface area contributed by atoms with E-state index in [1.165, 1.54) is 57.8 Å². The van der Waals surface area contributed by atoms with Gasteiger partial charge in [-0.1, -0.05) is 44.3 Å². The molecule has 0 saturated heterocycles. The Morgan fingerprint density at radius 3 is 2.93 bits per heavy atom. The molecule has 0 heterocycles. The van der Waals surface area contributed by atoms with Gasteiger partial charge in [0.1, 0.15) is 0 Å². The van der Waals surface area contributed by atoms with Crippen molar-refractivity contribution in [3.05, 3.63) is 11.6 Å². The molecule has 0 aromatic carbocycles. The first-order valence-electron chi connectivity index (χ1n) is 6.28. The minimum atomic E-state index is 0.346. The van der Waals surface area contributed by atoms with E-state index in [9.17, 15) is 0 Å². The van der Waals surface area contributed by atoms with Crippen LogP contribution in [0, 0.1) is 0 Å². The van der Waals surface area contributed by atoms with Crippen LogP contribution in [0.25, 0.3) is 0 Å². The zero-order valence-corrected chi connectivity index (χ0v) is 9.60. The molecule has 0 spiro atoms. The van der Waals surface area contributed by atoms with Crippen LogP contribution >= 0.6 is 0 Å². The molecule has 1 atom stereocenters. The van der Waals surface area contributed by atoms with Gasteiger partial charge in [-0.25, -0.2) is 0 Å². The maximum atomic E-state index is 5.98. The second kappa shape index (κ2) is 7.05. The van der Waals surface area contributed by atoms with Gasteiger partial charge in [0.2, 0.25) is 0 Å². The number of unbranched alkanes of at least 4 members (excludes halogenated alkanes) is 3. The van der Waals surface area contributed by atoms with Gasteiger partial charge in [0.05, 0.1) is 0 Å². The Morgan fingerprint density at radius 1 is 1.29 bits per heavy atom. The maximum Gasteiger partial charge on any atom is 0.0226 e. The van der Waals surface area contributed by atoms with Gasteiger partial charge in [0.15, 0.2) is 0 Å². The fourth-order valence-electron chi connectivity index (χ4n) is 2.19. The van der Waals surface area contributed by atoms with Crippen LogP contribution in [-0.2, 0) is 0 Å². The Balaban J connectivity index is 2.20. The molecule has 0 bridgehead atoms.